The van der Waals surface area contributed by atoms with Crippen LogP contribution in [0.15, 0.2) is 24.3 Å². The minimum atomic E-state index is -0.144. The van der Waals surface area contributed by atoms with Crippen molar-refractivity contribution in [1.29, 1.82) is 0 Å². The van der Waals surface area contributed by atoms with Crippen LogP contribution in [0.3, 0.4) is 0 Å². The summed E-state index contributed by atoms with van der Waals surface area (Å²) in [5.74, 6) is 0.471. The molecule has 25 heavy (non-hydrogen) atoms. The molecule has 2 aliphatic heterocycles. The van der Waals surface area contributed by atoms with E-state index in [1.807, 2.05) is 0 Å². The van der Waals surface area contributed by atoms with Gasteiger partial charge in [-0.25, -0.2) is 0 Å². The lowest BCUT2D eigenvalue weighted by molar-refractivity contribution is -0.143. The maximum atomic E-state index is 11.9. The van der Waals surface area contributed by atoms with Crippen molar-refractivity contribution in [2.24, 2.45) is 11.8 Å². The van der Waals surface area contributed by atoms with Gasteiger partial charge < -0.3 is 14.8 Å². The first-order chi connectivity index (χ1) is 12.2. The molecule has 134 valence electrons. The molecule has 3 heterocycles. The fraction of sp³-hybridized carbons (Fsp3) is 0.550. The molecule has 3 atom stereocenters. The molecule has 5 heteroatoms. The molecule has 0 unspecified atom stereocenters. The summed E-state index contributed by atoms with van der Waals surface area (Å²) in [4.78, 5) is 18.0. The van der Waals surface area contributed by atoms with E-state index in [0.29, 0.717) is 18.4 Å². The zero-order chi connectivity index (χ0) is 17.4. The minimum absolute atomic E-state index is 0.144. The first-order valence-electron chi connectivity index (χ1n) is 9.22. The summed E-state index contributed by atoms with van der Waals surface area (Å²) in [5.41, 5.74) is 3.97. The fourth-order valence-corrected chi connectivity index (χ4v) is 4.82. The number of nitrogens with zero attached hydrogens (tertiary/aromatic N) is 1. The summed E-state index contributed by atoms with van der Waals surface area (Å²) in [7, 11) is 1.45. The van der Waals surface area contributed by atoms with Crippen LogP contribution in [0.25, 0.3) is 10.9 Å². The first kappa shape index (κ1) is 16.6. The number of aliphatic hydroxyl groups excluding tert-OH is 1. The van der Waals surface area contributed by atoms with E-state index in [0.717, 1.165) is 32.4 Å². The van der Waals surface area contributed by atoms with E-state index < -0.39 is 0 Å². The van der Waals surface area contributed by atoms with Crippen molar-refractivity contribution >= 4 is 16.9 Å². The lowest BCUT2D eigenvalue weighted by atomic mass is 9.75. The second-order valence-electron chi connectivity index (χ2n) is 7.37. The van der Waals surface area contributed by atoms with Gasteiger partial charge in [0.1, 0.15) is 0 Å². The van der Waals surface area contributed by atoms with E-state index in [1.165, 1.54) is 29.3 Å². The smallest absolute Gasteiger partial charge is 0.305 e. The Morgan fingerprint density at radius 3 is 3.00 bits per heavy atom. The van der Waals surface area contributed by atoms with Gasteiger partial charge in [-0.1, -0.05) is 18.2 Å². The van der Waals surface area contributed by atoms with E-state index in [-0.39, 0.29) is 18.5 Å². The Labute approximate surface area is 148 Å². The molecule has 0 saturated carbocycles. The topological polar surface area (TPSA) is 65.6 Å². The summed E-state index contributed by atoms with van der Waals surface area (Å²) >= 11 is 0. The highest BCUT2D eigenvalue weighted by molar-refractivity contribution is 5.85. The Morgan fingerprint density at radius 1 is 1.36 bits per heavy atom. The number of ether oxygens (including phenoxy) is 1. The number of aromatic amines is 1. The Bertz CT molecular complexity index is 769. The van der Waals surface area contributed by atoms with E-state index in [4.69, 9.17) is 4.74 Å². The Balaban J connectivity index is 1.65. The average Bonchev–Trinajstić information content (AvgIpc) is 3.01. The third-order valence-corrected chi connectivity index (χ3v) is 6.09. The van der Waals surface area contributed by atoms with Crippen molar-refractivity contribution < 1.29 is 14.6 Å². The van der Waals surface area contributed by atoms with Crippen LogP contribution in [0.1, 0.15) is 36.6 Å². The van der Waals surface area contributed by atoms with Crippen LogP contribution in [0, 0.1) is 11.8 Å². The standard InChI is InChI=1S/C20H26N2O3/c1-25-19(24)11-14-10-18-20-16(15-4-2-3-5-17(15)21-20)6-8-22(18)12-13(14)7-9-23/h2-5,13-14,18,21,23H,6-12H2,1H3/t13-,14-,18-/m1/s1. The third-order valence-electron chi connectivity index (χ3n) is 6.09. The summed E-state index contributed by atoms with van der Waals surface area (Å²) in [6.07, 6.45) is 3.20. The Hall–Kier alpha value is -1.85. The molecule has 0 amide bonds. The number of methoxy groups -OCH3 is 1. The van der Waals surface area contributed by atoms with Crippen LogP contribution in [0.2, 0.25) is 0 Å². The van der Waals surface area contributed by atoms with Gasteiger partial charge in [0.2, 0.25) is 0 Å². The van der Waals surface area contributed by atoms with Crippen LogP contribution in [0.5, 0.6) is 0 Å². The third kappa shape index (κ3) is 2.96. The molecule has 0 spiro atoms. The van der Waals surface area contributed by atoms with E-state index >= 15 is 0 Å². The van der Waals surface area contributed by atoms with Crippen molar-refractivity contribution in [2.75, 3.05) is 26.8 Å². The van der Waals surface area contributed by atoms with Gasteiger partial charge in [-0.3, -0.25) is 9.69 Å². The van der Waals surface area contributed by atoms with Crippen LogP contribution in [-0.2, 0) is 16.0 Å². The van der Waals surface area contributed by atoms with Crippen LogP contribution >= 0.6 is 0 Å². The molecular formula is C20H26N2O3. The Kier molecular flexibility index (Phi) is 4.52. The number of nitrogens with one attached hydrogen (secondary N) is 1. The van der Waals surface area contributed by atoms with Gasteiger partial charge in [-0.05, 0) is 42.7 Å². The number of esters is 1. The summed E-state index contributed by atoms with van der Waals surface area (Å²) < 4.78 is 4.91. The molecule has 0 aliphatic carbocycles. The maximum absolute atomic E-state index is 11.9. The number of piperidine rings is 1. The number of fused-ring (bicyclic) bond motifs is 5. The largest absolute Gasteiger partial charge is 0.469 e. The number of para-hydroxylation sites is 1. The van der Waals surface area contributed by atoms with Crippen molar-refractivity contribution in [3.05, 3.63) is 35.5 Å². The zero-order valence-electron chi connectivity index (χ0n) is 14.7. The molecule has 0 radical (unpaired) electrons. The second-order valence-corrected chi connectivity index (χ2v) is 7.37. The van der Waals surface area contributed by atoms with Gasteiger partial charge in [0.15, 0.2) is 0 Å². The summed E-state index contributed by atoms with van der Waals surface area (Å²) in [5, 5.41) is 10.8. The maximum Gasteiger partial charge on any atom is 0.305 e. The monoisotopic (exact) mass is 342 g/mol. The highest BCUT2D eigenvalue weighted by Crippen LogP contribution is 2.44. The van der Waals surface area contributed by atoms with Gasteiger partial charge in [0.25, 0.3) is 0 Å². The molecule has 2 aliphatic rings. The van der Waals surface area contributed by atoms with Crippen LogP contribution < -0.4 is 0 Å². The number of aliphatic hydroxyl groups is 1. The predicted octanol–water partition coefficient (Wildman–Crippen LogP) is 2.65. The predicted molar refractivity (Wildman–Crippen MR) is 96.2 cm³/mol. The number of benzene rings is 1. The number of carbonyl (C=O) groups excluding carboxylic acids is 1. The summed E-state index contributed by atoms with van der Waals surface area (Å²) in [6.45, 7) is 2.17. The second kappa shape index (κ2) is 6.81. The number of hydrogen-bond acceptors (Lipinski definition) is 4. The molecule has 0 bridgehead atoms. The normalized spacial score (nSPS) is 26.2. The highest BCUT2D eigenvalue weighted by atomic mass is 16.5. The Morgan fingerprint density at radius 2 is 2.20 bits per heavy atom. The molecule has 1 aromatic carbocycles. The SMILES string of the molecule is COC(=O)C[C@H]1C[C@@H]2c3[nH]c4ccccc4c3CCN2C[C@H]1CCO. The van der Waals surface area contributed by atoms with E-state index in [1.54, 1.807) is 0 Å². The van der Waals surface area contributed by atoms with Crippen molar-refractivity contribution in [3.63, 3.8) is 0 Å². The van der Waals surface area contributed by atoms with Crippen LogP contribution in [0.4, 0.5) is 0 Å². The zero-order valence-corrected chi connectivity index (χ0v) is 14.7. The molecule has 4 rings (SSSR count). The first-order valence-corrected chi connectivity index (χ1v) is 9.22. The van der Waals surface area contributed by atoms with Gasteiger partial charge in [-0.15, -0.1) is 0 Å². The molecular weight excluding hydrogens is 316 g/mol. The molecule has 2 aromatic rings. The molecule has 1 aromatic heterocycles. The highest BCUT2D eigenvalue weighted by Gasteiger charge is 2.40. The number of aromatic nitrogens is 1. The quantitative estimate of drug-likeness (QED) is 0.839. The summed E-state index contributed by atoms with van der Waals surface area (Å²) in [6, 6.07) is 8.84. The van der Waals surface area contributed by atoms with Crippen molar-refractivity contribution in [3.8, 4) is 0 Å². The van der Waals surface area contributed by atoms with E-state index in [2.05, 4.69) is 34.1 Å². The molecule has 5 nitrogen and oxygen atoms in total. The van der Waals surface area contributed by atoms with Crippen LogP contribution in [-0.4, -0.2) is 47.8 Å². The van der Waals surface area contributed by atoms with Gasteiger partial charge in [-0.2, -0.15) is 0 Å². The molecule has 1 fully saturated rings. The minimum Gasteiger partial charge on any atom is -0.469 e. The van der Waals surface area contributed by atoms with Crippen molar-refractivity contribution in [1.82, 2.24) is 9.88 Å². The number of rotatable bonds is 4. The van der Waals surface area contributed by atoms with Gasteiger partial charge >= 0.3 is 5.97 Å². The molecule has 2 N–H and O–H groups in total. The van der Waals surface area contributed by atoms with E-state index in [9.17, 15) is 9.90 Å². The lowest BCUT2D eigenvalue weighted by Crippen LogP contribution is -2.46. The van der Waals surface area contributed by atoms with Crippen molar-refractivity contribution in [2.45, 2.75) is 31.7 Å². The van der Waals surface area contributed by atoms with Gasteiger partial charge in [0.05, 0.1) is 13.2 Å². The lowest BCUT2D eigenvalue weighted by Gasteiger charge is -2.46. The average molecular weight is 342 g/mol. The van der Waals surface area contributed by atoms with Gasteiger partial charge in [0, 0.05) is 42.7 Å². The molecule has 1 saturated heterocycles. The fourth-order valence-electron chi connectivity index (χ4n) is 4.82. The number of hydrogen-bond donors (Lipinski definition) is 2. The number of carbonyl (C=O) groups is 1. The number of H-pyrrole nitrogens is 1.